The fourth-order valence-electron chi connectivity index (χ4n) is 8.75. The van der Waals surface area contributed by atoms with Crippen LogP contribution in [0.25, 0.3) is 94.1 Å². The molecule has 1 aliphatic carbocycles. The zero-order valence-electron chi connectivity index (χ0n) is 29.2. The predicted molar refractivity (Wildman–Crippen MR) is 221 cm³/mol. The molecule has 0 saturated heterocycles. The molecule has 3 heteroatoms. The molecule has 0 atom stereocenters. The van der Waals surface area contributed by atoms with Crippen LogP contribution in [0.5, 0.6) is 0 Å². The third-order valence-electron chi connectivity index (χ3n) is 11.2. The lowest BCUT2D eigenvalue weighted by molar-refractivity contribution is 1.02. The molecule has 2 aromatic heterocycles. The molecule has 0 fully saturated rings. The van der Waals surface area contributed by atoms with Gasteiger partial charge < -0.3 is 0 Å². The molecular formula is C50H33N3. The van der Waals surface area contributed by atoms with E-state index in [4.69, 9.17) is 9.97 Å². The fraction of sp³-hybridized carbons (Fsp3) is 0.0400. The lowest BCUT2D eigenvalue weighted by Gasteiger charge is -2.14. The first-order valence-electron chi connectivity index (χ1n) is 18.3. The van der Waals surface area contributed by atoms with Crippen molar-refractivity contribution < 1.29 is 0 Å². The van der Waals surface area contributed by atoms with Crippen LogP contribution in [0.4, 0.5) is 0 Å². The maximum Gasteiger partial charge on any atom is 0.235 e. The van der Waals surface area contributed by atoms with Crippen molar-refractivity contribution in [1.82, 2.24) is 14.5 Å². The lowest BCUT2D eigenvalue weighted by atomic mass is 9.93. The summed E-state index contributed by atoms with van der Waals surface area (Å²) in [5.74, 6) is 0.679. The maximum atomic E-state index is 5.47. The summed E-state index contributed by atoms with van der Waals surface area (Å²) in [7, 11) is 0. The second kappa shape index (κ2) is 11.6. The molecule has 1 aliphatic rings. The Morgan fingerprint density at radius 1 is 0.453 bits per heavy atom. The van der Waals surface area contributed by atoms with Crippen molar-refractivity contribution in [3.63, 3.8) is 0 Å². The Kier molecular flexibility index (Phi) is 6.53. The van der Waals surface area contributed by atoms with Gasteiger partial charge in [0.15, 0.2) is 0 Å². The molecule has 10 aromatic rings. The van der Waals surface area contributed by atoms with E-state index in [-0.39, 0.29) is 0 Å². The fourth-order valence-corrected chi connectivity index (χ4v) is 8.75. The van der Waals surface area contributed by atoms with E-state index in [0.29, 0.717) is 5.95 Å². The average Bonchev–Trinajstić information content (AvgIpc) is 3.77. The molecular weight excluding hydrogens is 643 g/mol. The molecule has 0 radical (unpaired) electrons. The van der Waals surface area contributed by atoms with E-state index in [0.717, 1.165) is 39.6 Å². The van der Waals surface area contributed by atoms with Crippen LogP contribution >= 0.6 is 0 Å². The monoisotopic (exact) mass is 675 g/mol. The van der Waals surface area contributed by atoms with Crippen LogP contribution in [0.1, 0.15) is 16.7 Å². The minimum absolute atomic E-state index is 0.679. The molecule has 0 aliphatic heterocycles. The molecule has 11 rings (SSSR count). The van der Waals surface area contributed by atoms with Crippen LogP contribution in [-0.2, 0) is 6.42 Å². The number of hydrogen-bond donors (Lipinski definition) is 0. The highest BCUT2D eigenvalue weighted by Gasteiger charge is 2.27. The summed E-state index contributed by atoms with van der Waals surface area (Å²) in [5, 5.41) is 5.94. The minimum Gasteiger partial charge on any atom is -0.277 e. The highest BCUT2D eigenvalue weighted by Crippen LogP contribution is 2.47. The minimum atomic E-state index is 0.679. The van der Waals surface area contributed by atoms with Crippen molar-refractivity contribution in [1.29, 1.82) is 0 Å². The Labute approximate surface area is 307 Å². The van der Waals surface area contributed by atoms with Gasteiger partial charge in [0.1, 0.15) is 0 Å². The zero-order valence-corrected chi connectivity index (χ0v) is 29.2. The first-order valence-corrected chi connectivity index (χ1v) is 18.3. The number of aromatic nitrogens is 3. The molecule has 0 unspecified atom stereocenters. The Morgan fingerprint density at radius 2 is 1.09 bits per heavy atom. The van der Waals surface area contributed by atoms with E-state index in [1.807, 2.05) is 0 Å². The highest BCUT2D eigenvalue weighted by molar-refractivity contribution is 6.20. The van der Waals surface area contributed by atoms with E-state index in [1.165, 1.54) is 71.6 Å². The predicted octanol–water partition coefficient (Wildman–Crippen LogP) is 12.8. The SMILES string of the molecule is Cc1ccccc1-c1cccc2c1Cc1c-2ccc2ccc3c4ccccc4n(-c4nc(-c5ccc(-c6ccccc6)cc5)c5ccccc5n4)c3c12. The largest absolute Gasteiger partial charge is 0.277 e. The Hall–Kier alpha value is -6.84. The van der Waals surface area contributed by atoms with E-state index in [2.05, 4.69) is 181 Å². The second-order valence-corrected chi connectivity index (χ2v) is 14.2. The van der Waals surface area contributed by atoms with Crippen LogP contribution < -0.4 is 0 Å². The van der Waals surface area contributed by atoms with Gasteiger partial charge >= 0.3 is 0 Å². The van der Waals surface area contributed by atoms with Gasteiger partial charge in [-0.25, -0.2) is 9.97 Å². The number of benzene rings is 8. The van der Waals surface area contributed by atoms with Crippen LogP contribution in [0, 0.1) is 6.92 Å². The topological polar surface area (TPSA) is 30.7 Å². The first kappa shape index (κ1) is 29.8. The Balaban J connectivity index is 1.18. The maximum absolute atomic E-state index is 5.47. The molecule has 0 bridgehead atoms. The third kappa shape index (κ3) is 4.54. The summed E-state index contributed by atoms with van der Waals surface area (Å²) in [6.45, 7) is 2.21. The van der Waals surface area contributed by atoms with Gasteiger partial charge in [0, 0.05) is 27.1 Å². The summed E-state index contributed by atoms with van der Waals surface area (Å²) in [4.78, 5) is 10.8. The van der Waals surface area contributed by atoms with E-state index >= 15 is 0 Å². The number of rotatable bonds is 4. The third-order valence-corrected chi connectivity index (χ3v) is 11.2. The Morgan fingerprint density at radius 3 is 1.94 bits per heavy atom. The zero-order chi connectivity index (χ0) is 35.0. The van der Waals surface area contributed by atoms with E-state index in [1.54, 1.807) is 0 Å². The van der Waals surface area contributed by atoms with Gasteiger partial charge in [-0.1, -0.05) is 158 Å². The number of hydrogen-bond acceptors (Lipinski definition) is 2. The molecule has 0 N–H and O–H groups in total. The molecule has 248 valence electrons. The van der Waals surface area contributed by atoms with Gasteiger partial charge in [-0.05, 0) is 80.9 Å². The molecule has 0 spiro atoms. The van der Waals surface area contributed by atoms with Crippen LogP contribution in [0.15, 0.2) is 170 Å². The van der Waals surface area contributed by atoms with Gasteiger partial charge in [-0.15, -0.1) is 0 Å². The van der Waals surface area contributed by atoms with Crippen LogP contribution in [-0.4, -0.2) is 14.5 Å². The number of nitrogens with zero attached hydrogens (tertiary/aromatic N) is 3. The highest BCUT2D eigenvalue weighted by atomic mass is 15.2. The van der Waals surface area contributed by atoms with Gasteiger partial charge in [0.2, 0.25) is 5.95 Å². The molecule has 53 heavy (non-hydrogen) atoms. The van der Waals surface area contributed by atoms with E-state index in [9.17, 15) is 0 Å². The van der Waals surface area contributed by atoms with Crippen molar-refractivity contribution in [3.05, 3.63) is 187 Å². The van der Waals surface area contributed by atoms with Crippen molar-refractivity contribution in [3.8, 4) is 50.6 Å². The van der Waals surface area contributed by atoms with Crippen molar-refractivity contribution >= 4 is 43.5 Å². The van der Waals surface area contributed by atoms with Gasteiger partial charge in [-0.2, -0.15) is 0 Å². The molecule has 8 aromatic carbocycles. The summed E-state index contributed by atoms with van der Waals surface area (Å²) < 4.78 is 2.33. The average molecular weight is 676 g/mol. The van der Waals surface area contributed by atoms with Crippen LogP contribution in [0.3, 0.4) is 0 Å². The lowest BCUT2D eigenvalue weighted by Crippen LogP contribution is -2.04. The summed E-state index contributed by atoms with van der Waals surface area (Å²) >= 11 is 0. The van der Waals surface area contributed by atoms with Gasteiger partial charge in [0.25, 0.3) is 0 Å². The summed E-state index contributed by atoms with van der Waals surface area (Å²) in [6, 6.07) is 61.1. The van der Waals surface area contributed by atoms with Crippen molar-refractivity contribution in [2.45, 2.75) is 13.3 Å². The number of fused-ring (bicyclic) bond motifs is 10. The standard InChI is InChI=1S/C50H33N3/c1-31-12-5-6-15-36(31)37-18-11-19-38-39-28-26-34-27-29-41-40-16-8-10-21-46(40)53(49(41)47(34)44(39)30-43(37)38)50-51-45-20-9-7-17-42(45)48(52-50)35-24-22-33(23-25-35)32-13-3-2-4-14-32/h2-29H,30H2,1H3. The summed E-state index contributed by atoms with van der Waals surface area (Å²) in [5.41, 5.74) is 16.9. The molecule has 3 nitrogen and oxygen atoms in total. The number of aryl methyl sites for hydroxylation is 1. The first-order chi connectivity index (χ1) is 26.2. The van der Waals surface area contributed by atoms with Gasteiger partial charge in [-0.3, -0.25) is 4.57 Å². The van der Waals surface area contributed by atoms with Crippen molar-refractivity contribution in [2.24, 2.45) is 0 Å². The Bertz CT molecular complexity index is 3080. The molecule has 2 heterocycles. The van der Waals surface area contributed by atoms with Crippen LogP contribution in [0.2, 0.25) is 0 Å². The van der Waals surface area contributed by atoms with Crippen molar-refractivity contribution in [2.75, 3.05) is 0 Å². The quantitative estimate of drug-likeness (QED) is 0.186. The van der Waals surface area contributed by atoms with E-state index < -0.39 is 0 Å². The second-order valence-electron chi connectivity index (χ2n) is 14.2. The number of para-hydroxylation sites is 2. The molecule has 0 amide bonds. The summed E-state index contributed by atoms with van der Waals surface area (Å²) in [6.07, 6.45) is 0.866. The smallest absolute Gasteiger partial charge is 0.235 e. The molecule has 0 saturated carbocycles. The van der Waals surface area contributed by atoms with Gasteiger partial charge in [0.05, 0.1) is 22.2 Å². The normalized spacial score (nSPS) is 12.2.